The molecule has 1 fully saturated rings. The summed E-state index contributed by atoms with van der Waals surface area (Å²) in [5.41, 5.74) is 2.43. The fraction of sp³-hybridized carbons (Fsp3) is 0.148. The summed E-state index contributed by atoms with van der Waals surface area (Å²) in [6.45, 7) is 0. The summed E-state index contributed by atoms with van der Waals surface area (Å²) in [5, 5.41) is 13.1. The van der Waals surface area contributed by atoms with Crippen LogP contribution in [0.4, 0.5) is 11.4 Å². The second-order valence-electron chi connectivity index (χ2n) is 8.84. The minimum atomic E-state index is -3.52. The van der Waals surface area contributed by atoms with E-state index in [0.29, 0.717) is 39.3 Å². The lowest BCUT2D eigenvalue weighted by molar-refractivity contribution is 0.0697. The summed E-state index contributed by atoms with van der Waals surface area (Å²) in [4.78, 5) is 17.9. The summed E-state index contributed by atoms with van der Waals surface area (Å²) >= 11 is 5.75. The molecule has 5 rings (SSSR count). The number of aromatic nitrogens is 1. The van der Waals surface area contributed by atoms with Crippen LogP contribution in [0.25, 0.3) is 11.3 Å². The van der Waals surface area contributed by atoms with Gasteiger partial charge in [-0.15, -0.1) is 0 Å². The number of carboxylic acids is 1. The Bertz CT molecular complexity index is 1660. The molecule has 200 valence electrons. The van der Waals surface area contributed by atoms with Gasteiger partial charge in [-0.25, -0.2) is 13.2 Å². The molecule has 1 aliphatic heterocycles. The number of nitrogens with one attached hydrogen (secondary N) is 2. The molecule has 0 aliphatic carbocycles. The zero-order chi connectivity index (χ0) is 27.7. The number of rotatable bonds is 8. The zero-order valence-corrected chi connectivity index (χ0v) is 22.5. The summed E-state index contributed by atoms with van der Waals surface area (Å²) in [6, 6.07) is 19.9. The van der Waals surface area contributed by atoms with E-state index in [1.54, 1.807) is 48.7 Å². The second kappa shape index (κ2) is 10.4. The number of aromatic carboxylic acids is 1. The SMILES string of the molecule is COc1cc(N2C(=S)N[C@@H](c3ccccn3)[C@@H]2c2ccc(-c3cccc(C(=O)O)c3)o2)ccc1NS(C)(=O)=O. The molecule has 2 aromatic heterocycles. The minimum Gasteiger partial charge on any atom is -0.494 e. The van der Waals surface area contributed by atoms with Crippen molar-refractivity contribution in [3.05, 3.63) is 96.0 Å². The number of pyridine rings is 1. The van der Waals surface area contributed by atoms with Crippen molar-refractivity contribution in [1.82, 2.24) is 10.3 Å². The Morgan fingerprint density at radius 1 is 1.13 bits per heavy atom. The number of benzene rings is 2. The first-order chi connectivity index (χ1) is 18.6. The van der Waals surface area contributed by atoms with E-state index in [1.165, 1.54) is 13.2 Å². The number of carboxylic acid groups (broad SMARTS) is 1. The van der Waals surface area contributed by atoms with E-state index >= 15 is 0 Å². The van der Waals surface area contributed by atoms with Gasteiger partial charge in [-0.3, -0.25) is 9.71 Å². The lowest BCUT2D eigenvalue weighted by atomic mass is 10.0. The van der Waals surface area contributed by atoms with E-state index in [2.05, 4.69) is 15.0 Å². The topological polar surface area (TPSA) is 134 Å². The summed E-state index contributed by atoms with van der Waals surface area (Å²) < 4.78 is 37.9. The van der Waals surface area contributed by atoms with Crippen LogP contribution in [0.15, 0.2) is 83.4 Å². The molecule has 2 aromatic carbocycles. The smallest absolute Gasteiger partial charge is 0.335 e. The number of methoxy groups -OCH3 is 1. The number of hydrogen-bond acceptors (Lipinski definition) is 7. The van der Waals surface area contributed by atoms with Crippen LogP contribution < -0.4 is 19.7 Å². The van der Waals surface area contributed by atoms with Gasteiger partial charge in [0.05, 0.1) is 36.4 Å². The van der Waals surface area contributed by atoms with E-state index in [-0.39, 0.29) is 11.6 Å². The Morgan fingerprint density at radius 2 is 1.95 bits per heavy atom. The lowest BCUT2D eigenvalue weighted by Crippen LogP contribution is -2.29. The maximum absolute atomic E-state index is 11.8. The predicted molar refractivity (Wildman–Crippen MR) is 150 cm³/mol. The molecule has 1 saturated heterocycles. The van der Waals surface area contributed by atoms with Gasteiger partial charge in [0.1, 0.15) is 23.3 Å². The molecule has 0 unspecified atom stereocenters. The number of ether oxygens (including phenoxy) is 1. The molecule has 4 aromatic rings. The van der Waals surface area contributed by atoms with Gasteiger partial charge < -0.3 is 24.5 Å². The van der Waals surface area contributed by atoms with Crippen LogP contribution in [0.1, 0.15) is 33.9 Å². The third kappa shape index (κ3) is 5.42. The van der Waals surface area contributed by atoms with E-state index in [1.807, 2.05) is 29.2 Å². The van der Waals surface area contributed by atoms with E-state index < -0.39 is 22.0 Å². The Labute approximate surface area is 230 Å². The van der Waals surface area contributed by atoms with Gasteiger partial charge in [-0.05, 0) is 60.7 Å². The van der Waals surface area contributed by atoms with E-state index in [9.17, 15) is 18.3 Å². The number of anilines is 2. The normalized spacial score (nSPS) is 17.1. The molecular weight excluding hydrogens is 540 g/mol. The molecule has 0 bridgehead atoms. The number of hydrogen-bond donors (Lipinski definition) is 3. The zero-order valence-electron chi connectivity index (χ0n) is 20.9. The number of thiocarbonyl (C=S) groups is 1. The average molecular weight is 565 g/mol. The van der Waals surface area contributed by atoms with Gasteiger partial charge >= 0.3 is 5.97 Å². The Hall–Kier alpha value is -4.42. The van der Waals surface area contributed by atoms with E-state index in [0.717, 1.165) is 11.9 Å². The fourth-order valence-corrected chi connectivity index (χ4v) is 5.42. The first-order valence-corrected chi connectivity index (χ1v) is 14.0. The van der Waals surface area contributed by atoms with Crippen molar-refractivity contribution in [3.8, 4) is 17.1 Å². The van der Waals surface area contributed by atoms with Crippen LogP contribution in [0.2, 0.25) is 0 Å². The fourth-order valence-electron chi connectivity index (χ4n) is 4.51. The molecule has 0 spiro atoms. The average Bonchev–Trinajstić information content (AvgIpc) is 3.53. The molecule has 3 heterocycles. The number of sulfonamides is 1. The predicted octanol–water partition coefficient (Wildman–Crippen LogP) is 4.60. The van der Waals surface area contributed by atoms with Crippen LogP contribution in [-0.4, -0.2) is 43.0 Å². The van der Waals surface area contributed by atoms with Gasteiger partial charge in [-0.2, -0.15) is 0 Å². The third-order valence-electron chi connectivity index (χ3n) is 6.17. The molecule has 0 saturated carbocycles. The first-order valence-electron chi connectivity index (χ1n) is 11.7. The van der Waals surface area contributed by atoms with Crippen LogP contribution in [-0.2, 0) is 10.0 Å². The van der Waals surface area contributed by atoms with Crippen molar-refractivity contribution in [2.75, 3.05) is 23.0 Å². The quantitative estimate of drug-likeness (QED) is 0.261. The summed E-state index contributed by atoms with van der Waals surface area (Å²) in [7, 11) is -2.08. The molecule has 0 amide bonds. The minimum absolute atomic E-state index is 0.150. The third-order valence-corrected chi connectivity index (χ3v) is 7.07. The lowest BCUT2D eigenvalue weighted by Gasteiger charge is -2.27. The second-order valence-corrected chi connectivity index (χ2v) is 11.0. The molecule has 2 atom stereocenters. The van der Waals surface area contributed by atoms with Gasteiger partial charge in [0.25, 0.3) is 0 Å². The standard InChI is InChI=1S/C27H24N4O6S2/c1-36-23-15-18(9-10-19(23)30-39(2,34)35)31-25(24(29-27(31)38)20-8-3-4-13-28-20)22-12-11-21(37-22)16-6-5-7-17(14-16)26(32)33/h3-15,24-25,30H,1-2H3,(H,29,38)(H,32,33)/t24-,25-/m0/s1. The summed E-state index contributed by atoms with van der Waals surface area (Å²) in [5.74, 6) is 0.339. The maximum Gasteiger partial charge on any atom is 0.335 e. The van der Waals surface area contributed by atoms with Gasteiger partial charge in [0.2, 0.25) is 10.0 Å². The maximum atomic E-state index is 11.8. The van der Waals surface area contributed by atoms with E-state index in [4.69, 9.17) is 21.4 Å². The number of carbonyl (C=O) groups is 1. The van der Waals surface area contributed by atoms with Crippen LogP contribution in [0.5, 0.6) is 5.75 Å². The molecule has 12 heteroatoms. The molecule has 39 heavy (non-hydrogen) atoms. The number of nitrogens with zero attached hydrogens (tertiary/aromatic N) is 2. The van der Waals surface area contributed by atoms with Crippen molar-refractivity contribution in [2.24, 2.45) is 0 Å². The van der Waals surface area contributed by atoms with Crippen molar-refractivity contribution in [2.45, 2.75) is 12.1 Å². The molecule has 0 radical (unpaired) electrons. The highest BCUT2D eigenvalue weighted by Crippen LogP contribution is 2.44. The molecule has 10 nitrogen and oxygen atoms in total. The first kappa shape index (κ1) is 26.2. The monoisotopic (exact) mass is 564 g/mol. The Morgan fingerprint density at radius 3 is 2.64 bits per heavy atom. The Balaban J connectivity index is 1.59. The van der Waals surface area contributed by atoms with Crippen molar-refractivity contribution < 1.29 is 27.5 Å². The van der Waals surface area contributed by atoms with Gasteiger partial charge in [-0.1, -0.05) is 18.2 Å². The van der Waals surface area contributed by atoms with Gasteiger partial charge in [0.15, 0.2) is 5.11 Å². The van der Waals surface area contributed by atoms with Crippen LogP contribution >= 0.6 is 12.2 Å². The molecular formula is C27H24N4O6S2. The Kier molecular flexibility index (Phi) is 6.98. The number of furan rings is 1. The highest BCUT2D eigenvalue weighted by molar-refractivity contribution is 7.92. The highest BCUT2D eigenvalue weighted by atomic mass is 32.2. The largest absolute Gasteiger partial charge is 0.494 e. The van der Waals surface area contributed by atoms with Crippen LogP contribution in [0.3, 0.4) is 0 Å². The highest BCUT2D eigenvalue weighted by Gasteiger charge is 2.43. The van der Waals surface area contributed by atoms with Crippen molar-refractivity contribution in [3.63, 3.8) is 0 Å². The van der Waals surface area contributed by atoms with Crippen LogP contribution in [0, 0.1) is 0 Å². The molecule has 3 N–H and O–H groups in total. The van der Waals surface area contributed by atoms with Gasteiger partial charge in [0, 0.05) is 23.5 Å². The molecule has 1 aliphatic rings. The van der Waals surface area contributed by atoms with Crippen molar-refractivity contribution in [1.29, 1.82) is 0 Å². The van der Waals surface area contributed by atoms with Crippen molar-refractivity contribution >= 4 is 44.7 Å². The summed E-state index contributed by atoms with van der Waals surface area (Å²) in [6.07, 6.45) is 2.76.